The summed E-state index contributed by atoms with van der Waals surface area (Å²) in [6, 6.07) is 5.67. The number of rotatable bonds is 4. The molecule has 0 saturated carbocycles. The number of carbonyl (C=O) groups is 1. The number of halogens is 1. The standard InChI is InChI=1S/C12H14ClN3O/c1-2-14-12(17)6-7-16-11-5-3-4-10(13)9(11)8-15-16/h3-5,8H,2,6-7H2,1H3,(H,14,17). The number of nitrogens with zero attached hydrogens (tertiary/aromatic N) is 2. The minimum atomic E-state index is 0.0400. The van der Waals surface area contributed by atoms with Gasteiger partial charge in [-0.2, -0.15) is 5.10 Å². The lowest BCUT2D eigenvalue weighted by Crippen LogP contribution is -2.23. The molecule has 1 N–H and O–H groups in total. The molecule has 0 unspecified atom stereocenters. The second-order valence-corrected chi connectivity index (χ2v) is 4.15. The normalized spacial score (nSPS) is 10.7. The van der Waals surface area contributed by atoms with Crippen LogP contribution in [0, 0.1) is 0 Å². The highest BCUT2D eigenvalue weighted by molar-refractivity contribution is 6.35. The lowest BCUT2D eigenvalue weighted by atomic mass is 10.2. The van der Waals surface area contributed by atoms with Crippen molar-refractivity contribution in [3.63, 3.8) is 0 Å². The molecular formula is C12H14ClN3O. The zero-order chi connectivity index (χ0) is 12.3. The van der Waals surface area contributed by atoms with Crippen molar-refractivity contribution in [3.8, 4) is 0 Å². The first-order valence-corrected chi connectivity index (χ1v) is 5.97. The Labute approximate surface area is 105 Å². The molecule has 0 fully saturated rings. The third-order valence-corrected chi connectivity index (χ3v) is 2.89. The van der Waals surface area contributed by atoms with E-state index in [4.69, 9.17) is 11.6 Å². The summed E-state index contributed by atoms with van der Waals surface area (Å²) in [5.74, 6) is 0.0400. The van der Waals surface area contributed by atoms with E-state index >= 15 is 0 Å². The van der Waals surface area contributed by atoms with Crippen molar-refractivity contribution < 1.29 is 4.79 Å². The van der Waals surface area contributed by atoms with Crippen LogP contribution in [-0.4, -0.2) is 22.2 Å². The van der Waals surface area contributed by atoms with Gasteiger partial charge in [0.15, 0.2) is 0 Å². The fourth-order valence-corrected chi connectivity index (χ4v) is 1.96. The third kappa shape index (κ3) is 2.58. The van der Waals surface area contributed by atoms with Crippen molar-refractivity contribution in [1.82, 2.24) is 15.1 Å². The number of benzene rings is 1. The number of hydrogen-bond donors (Lipinski definition) is 1. The highest BCUT2D eigenvalue weighted by atomic mass is 35.5. The molecule has 0 bridgehead atoms. The first kappa shape index (κ1) is 11.9. The molecule has 0 spiro atoms. The van der Waals surface area contributed by atoms with E-state index in [9.17, 15) is 4.79 Å². The quantitative estimate of drug-likeness (QED) is 0.906. The van der Waals surface area contributed by atoms with Gasteiger partial charge in [-0.1, -0.05) is 17.7 Å². The molecule has 4 nitrogen and oxygen atoms in total. The fourth-order valence-electron chi connectivity index (χ4n) is 1.74. The van der Waals surface area contributed by atoms with Crippen LogP contribution in [-0.2, 0) is 11.3 Å². The first-order valence-electron chi connectivity index (χ1n) is 5.59. The maximum absolute atomic E-state index is 11.4. The van der Waals surface area contributed by atoms with Crippen molar-refractivity contribution in [1.29, 1.82) is 0 Å². The number of amides is 1. The van der Waals surface area contributed by atoms with Gasteiger partial charge >= 0.3 is 0 Å². The lowest BCUT2D eigenvalue weighted by molar-refractivity contribution is -0.121. The van der Waals surface area contributed by atoms with Gasteiger partial charge in [0.25, 0.3) is 0 Å². The molecule has 2 aromatic rings. The van der Waals surface area contributed by atoms with Gasteiger partial charge in [0.2, 0.25) is 5.91 Å². The number of aromatic nitrogens is 2. The van der Waals surface area contributed by atoms with Crippen LogP contribution in [0.4, 0.5) is 0 Å². The molecule has 5 heteroatoms. The summed E-state index contributed by atoms with van der Waals surface area (Å²) in [6.07, 6.45) is 2.16. The average Bonchev–Trinajstić information content (AvgIpc) is 2.72. The Morgan fingerprint density at radius 1 is 1.53 bits per heavy atom. The van der Waals surface area contributed by atoms with Gasteiger partial charge in [0, 0.05) is 18.4 Å². The predicted molar refractivity (Wildman–Crippen MR) is 68.0 cm³/mol. The van der Waals surface area contributed by atoms with Crippen molar-refractivity contribution in [2.75, 3.05) is 6.54 Å². The molecular weight excluding hydrogens is 238 g/mol. The van der Waals surface area contributed by atoms with E-state index < -0.39 is 0 Å². The van der Waals surface area contributed by atoms with Gasteiger partial charge in [-0.05, 0) is 19.1 Å². The number of fused-ring (bicyclic) bond motifs is 1. The van der Waals surface area contributed by atoms with E-state index in [0.717, 1.165) is 10.9 Å². The SMILES string of the molecule is CCNC(=O)CCn1ncc2c(Cl)cccc21. The highest BCUT2D eigenvalue weighted by Crippen LogP contribution is 2.22. The van der Waals surface area contributed by atoms with Crippen LogP contribution < -0.4 is 5.32 Å². The zero-order valence-corrected chi connectivity index (χ0v) is 10.4. The lowest BCUT2D eigenvalue weighted by Gasteiger charge is -2.04. The van der Waals surface area contributed by atoms with E-state index in [0.29, 0.717) is 24.5 Å². The van der Waals surface area contributed by atoms with Gasteiger partial charge in [0.05, 0.1) is 23.3 Å². The maximum Gasteiger partial charge on any atom is 0.221 e. The molecule has 2 rings (SSSR count). The van der Waals surface area contributed by atoms with E-state index in [1.807, 2.05) is 25.1 Å². The van der Waals surface area contributed by atoms with E-state index in [2.05, 4.69) is 10.4 Å². The van der Waals surface area contributed by atoms with Gasteiger partial charge in [-0.3, -0.25) is 9.48 Å². The largest absolute Gasteiger partial charge is 0.356 e. The summed E-state index contributed by atoms with van der Waals surface area (Å²) in [5, 5.41) is 8.61. The second kappa shape index (κ2) is 5.19. The van der Waals surface area contributed by atoms with Gasteiger partial charge in [-0.25, -0.2) is 0 Å². The Morgan fingerprint density at radius 2 is 2.35 bits per heavy atom. The Hall–Kier alpha value is -1.55. The minimum Gasteiger partial charge on any atom is -0.356 e. The van der Waals surface area contributed by atoms with E-state index in [-0.39, 0.29) is 5.91 Å². The molecule has 90 valence electrons. The first-order chi connectivity index (χ1) is 8.22. The monoisotopic (exact) mass is 251 g/mol. The van der Waals surface area contributed by atoms with Crippen LogP contribution in [0.15, 0.2) is 24.4 Å². The Balaban J connectivity index is 2.14. The smallest absolute Gasteiger partial charge is 0.221 e. The van der Waals surface area contributed by atoms with E-state index in [1.54, 1.807) is 10.9 Å². The molecule has 0 saturated heterocycles. The summed E-state index contributed by atoms with van der Waals surface area (Å²) in [4.78, 5) is 11.4. The molecule has 17 heavy (non-hydrogen) atoms. The molecule has 1 aromatic carbocycles. The van der Waals surface area contributed by atoms with Crippen LogP contribution in [0.3, 0.4) is 0 Å². The summed E-state index contributed by atoms with van der Waals surface area (Å²) >= 11 is 6.05. The number of hydrogen-bond acceptors (Lipinski definition) is 2. The molecule has 0 aliphatic rings. The second-order valence-electron chi connectivity index (χ2n) is 3.74. The Bertz CT molecular complexity index is 536. The summed E-state index contributed by atoms with van der Waals surface area (Å²) in [6.45, 7) is 3.13. The molecule has 1 aromatic heterocycles. The topological polar surface area (TPSA) is 46.9 Å². The van der Waals surface area contributed by atoms with Crippen LogP contribution in [0.2, 0.25) is 5.02 Å². The molecule has 0 aliphatic heterocycles. The molecule has 1 heterocycles. The Kier molecular flexibility index (Phi) is 3.64. The number of carbonyl (C=O) groups excluding carboxylic acids is 1. The molecule has 0 radical (unpaired) electrons. The fraction of sp³-hybridized carbons (Fsp3) is 0.333. The van der Waals surface area contributed by atoms with Crippen LogP contribution >= 0.6 is 11.6 Å². The summed E-state index contributed by atoms with van der Waals surface area (Å²) < 4.78 is 1.80. The van der Waals surface area contributed by atoms with Crippen molar-refractivity contribution >= 4 is 28.4 Å². The minimum absolute atomic E-state index is 0.0400. The highest BCUT2D eigenvalue weighted by Gasteiger charge is 2.06. The van der Waals surface area contributed by atoms with E-state index in [1.165, 1.54) is 0 Å². The van der Waals surface area contributed by atoms with Crippen LogP contribution in [0.25, 0.3) is 10.9 Å². The maximum atomic E-state index is 11.4. The predicted octanol–water partition coefficient (Wildman–Crippen LogP) is 2.22. The molecule has 1 amide bonds. The zero-order valence-electron chi connectivity index (χ0n) is 9.61. The Morgan fingerprint density at radius 3 is 3.12 bits per heavy atom. The summed E-state index contributed by atoms with van der Waals surface area (Å²) in [5.41, 5.74) is 0.960. The number of aryl methyl sites for hydroxylation is 1. The van der Waals surface area contributed by atoms with Gasteiger partial charge < -0.3 is 5.32 Å². The van der Waals surface area contributed by atoms with Crippen molar-refractivity contribution in [3.05, 3.63) is 29.4 Å². The third-order valence-electron chi connectivity index (χ3n) is 2.56. The van der Waals surface area contributed by atoms with Gasteiger partial charge in [-0.15, -0.1) is 0 Å². The van der Waals surface area contributed by atoms with Gasteiger partial charge in [0.1, 0.15) is 0 Å². The van der Waals surface area contributed by atoms with Crippen LogP contribution in [0.5, 0.6) is 0 Å². The van der Waals surface area contributed by atoms with Crippen LogP contribution in [0.1, 0.15) is 13.3 Å². The average molecular weight is 252 g/mol. The molecule has 0 atom stereocenters. The summed E-state index contributed by atoms with van der Waals surface area (Å²) in [7, 11) is 0. The van der Waals surface area contributed by atoms with Crippen molar-refractivity contribution in [2.24, 2.45) is 0 Å². The number of nitrogens with one attached hydrogen (secondary N) is 1. The molecule has 0 aliphatic carbocycles. The van der Waals surface area contributed by atoms with Crippen molar-refractivity contribution in [2.45, 2.75) is 19.9 Å².